The maximum Gasteiger partial charge on any atom is 0.313 e. The Labute approximate surface area is 163 Å². The van der Waals surface area contributed by atoms with Crippen LogP contribution >= 0.6 is 11.6 Å². The standard InChI is InChI=1S/C19H23ClN4O3/c1-23-7-3-6-16(23)17(24-8-10-27-11-9-24)13-21-18(25)19(26)22-15-5-2-4-14(20)12-15/h2-7,12,17H,8-11,13H2,1H3,(H,21,25)(H,22,26). The van der Waals surface area contributed by atoms with Crippen LogP contribution in [-0.4, -0.2) is 54.1 Å². The molecule has 0 spiro atoms. The number of carbonyl (C=O) groups excluding carboxylic acids is 2. The van der Waals surface area contributed by atoms with Gasteiger partial charge in [-0.05, 0) is 30.3 Å². The molecule has 144 valence electrons. The van der Waals surface area contributed by atoms with Gasteiger partial charge in [0.05, 0.1) is 19.3 Å². The maximum absolute atomic E-state index is 12.3. The lowest BCUT2D eigenvalue weighted by Gasteiger charge is -2.34. The number of hydrogen-bond donors (Lipinski definition) is 2. The molecule has 7 nitrogen and oxygen atoms in total. The monoisotopic (exact) mass is 390 g/mol. The molecule has 0 radical (unpaired) electrons. The topological polar surface area (TPSA) is 75.6 Å². The normalized spacial score (nSPS) is 15.9. The molecule has 2 aromatic rings. The Bertz CT molecular complexity index is 802. The molecule has 1 fully saturated rings. The summed E-state index contributed by atoms with van der Waals surface area (Å²) in [4.78, 5) is 26.7. The number of morpholine rings is 1. The van der Waals surface area contributed by atoms with Crippen molar-refractivity contribution in [3.8, 4) is 0 Å². The number of aryl methyl sites for hydroxylation is 1. The fourth-order valence-corrected chi connectivity index (χ4v) is 3.34. The van der Waals surface area contributed by atoms with E-state index < -0.39 is 11.8 Å². The molecule has 0 aliphatic carbocycles. The number of rotatable bonds is 5. The van der Waals surface area contributed by atoms with E-state index in [-0.39, 0.29) is 6.04 Å². The van der Waals surface area contributed by atoms with Crippen molar-refractivity contribution in [1.29, 1.82) is 0 Å². The van der Waals surface area contributed by atoms with Crippen LogP contribution in [0, 0.1) is 0 Å². The van der Waals surface area contributed by atoms with Crippen LogP contribution in [0.3, 0.4) is 0 Å². The van der Waals surface area contributed by atoms with Crippen LogP contribution in [0.5, 0.6) is 0 Å². The van der Waals surface area contributed by atoms with Crippen molar-refractivity contribution >= 4 is 29.1 Å². The van der Waals surface area contributed by atoms with Gasteiger partial charge in [0.1, 0.15) is 0 Å². The molecule has 1 aromatic carbocycles. The lowest BCUT2D eigenvalue weighted by molar-refractivity contribution is -0.136. The number of anilines is 1. The van der Waals surface area contributed by atoms with Crippen molar-refractivity contribution in [1.82, 2.24) is 14.8 Å². The molecule has 1 aromatic heterocycles. The number of amides is 2. The average Bonchev–Trinajstić information content (AvgIpc) is 3.08. The second-order valence-corrected chi connectivity index (χ2v) is 6.82. The zero-order valence-corrected chi connectivity index (χ0v) is 15.9. The first-order valence-electron chi connectivity index (χ1n) is 8.82. The minimum atomic E-state index is -0.718. The van der Waals surface area contributed by atoms with Crippen LogP contribution in [0.2, 0.25) is 5.02 Å². The Morgan fingerprint density at radius 2 is 1.96 bits per heavy atom. The Morgan fingerprint density at radius 1 is 1.19 bits per heavy atom. The fourth-order valence-electron chi connectivity index (χ4n) is 3.15. The minimum Gasteiger partial charge on any atom is -0.379 e. The van der Waals surface area contributed by atoms with Gasteiger partial charge in [0.15, 0.2) is 0 Å². The highest BCUT2D eigenvalue weighted by Crippen LogP contribution is 2.21. The number of hydrogen-bond acceptors (Lipinski definition) is 4. The molecule has 2 N–H and O–H groups in total. The molecule has 2 amide bonds. The van der Waals surface area contributed by atoms with Crippen molar-refractivity contribution in [3.63, 3.8) is 0 Å². The molecule has 1 saturated heterocycles. The molecule has 1 aliphatic heterocycles. The molecule has 1 atom stereocenters. The highest BCUT2D eigenvalue weighted by Gasteiger charge is 2.26. The summed E-state index contributed by atoms with van der Waals surface area (Å²) in [6.07, 6.45) is 1.97. The number of halogens is 1. The van der Waals surface area contributed by atoms with E-state index in [4.69, 9.17) is 16.3 Å². The van der Waals surface area contributed by atoms with E-state index in [0.717, 1.165) is 18.8 Å². The van der Waals surface area contributed by atoms with Crippen molar-refractivity contribution in [2.24, 2.45) is 7.05 Å². The van der Waals surface area contributed by atoms with Crippen molar-refractivity contribution in [2.45, 2.75) is 6.04 Å². The average molecular weight is 391 g/mol. The van der Waals surface area contributed by atoms with Gasteiger partial charge < -0.3 is 19.9 Å². The first-order valence-corrected chi connectivity index (χ1v) is 9.20. The molecule has 0 bridgehead atoms. The maximum atomic E-state index is 12.3. The van der Waals surface area contributed by atoms with Crippen molar-refractivity contribution < 1.29 is 14.3 Å². The molecule has 1 unspecified atom stereocenters. The van der Waals surface area contributed by atoms with Crippen LogP contribution in [0.15, 0.2) is 42.6 Å². The molecule has 27 heavy (non-hydrogen) atoms. The predicted molar refractivity (Wildman–Crippen MR) is 104 cm³/mol. The van der Waals surface area contributed by atoms with Crippen LogP contribution in [-0.2, 0) is 21.4 Å². The van der Waals surface area contributed by atoms with Gasteiger partial charge >= 0.3 is 11.8 Å². The number of aromatic nitrogens is 1. The van der Waals surface area contributed by atoms with Gasteiger partial charge in [0, 0.05) is 49.3 Å². The molecule has 3 rings (SSSR count). The zero-order chi connectivity index (χ0) is 19.2. The summed E-state index contributed by atoms with van der Waals surface area (Å²) in [5.74, 6) is -1.40. The zero-order valence-electron chi connectivity index (χ0n) is 15.2. The van der Waals surface area contributed by atoms with E-state index in [2.05, 4.69) is 15.5 Å². The second-order valence-electron chi connectivity index (χ2n) is 6.38. The van der Waals surface area contributed by atoms with Gasteiger partial charge in [-0.2, -0.15) is 0 Å². The van der Waals surface area contributed by atoms with Crippen LogP contribution in [0.1, 0.15) is 11.7 Å². The number of carbonyl (C=O) groups is 2. The number of nitrogens with zero attached hydrogens (tertiary/aromatic N) is 2. The van der Waals surface area contributed by atoms with Gasteiger partial charge in [-0.15, -0.1) is 0 Å². The van der Waals surface area contributed by atoms with Gasteiger partial charge in [-0.25, -0.2) is 0 Å². The highest BCUT2D eigenvalue weighted by molar-refractivity contribution is 6.39. The van der Waals surface area contributed by atoms with E-state index >= 15 is 0 Å². The van der Waals surface area contributed by atoms with Crippen LogP contribution in [0.25, 0.3) is 0 Å². The number of benzene rings is 1. The Morgan fingerprint density at radius 3 is 2.63 bits per heavy atom. The van der Waals surface area contributed by atoms with Gasteiger partial charge in [0.25, 0.3) is 0 Å². The largest absolute Gasteiger partial charge is 0.379 e. The summed E-state index contributed by atoms with van der Waals surface area (Å²) in [5, 5.41) is 5.80. The van der Waals surface area contributed by atoms with Crippen LogP contribution < -0.4 is 10.6 Å². The fraction of sp³-hybridized carbons (Fsp3) is 0.368. The third-order valence-corrected chi connectivity index (χ3v) is 4.79. The lowest BCUT2D eigenvalue weighted by Crippen LogP contribution is -2.46. The quantitative estimate of drug-likeness (QED) is 0.763. The van der Waals surface area contributed by atoms with E-state index in [1.54, 1.807) is 24.3 Å². The van der Waals surface area contributed by atoms with E-state index in [1.165, 1.54) is 0 Å². The van der Waals surface area contributed by atoms with E-state index in [0.29, 0.717) is 30.5 Å². The van der Waals surface area contributed by atoms with Crippen LogP contribution in [0.4, 0.5) is 5.69 Å². The van der Waals surface area contributed by atoms with Gasteiger partial charge in [-0.3, -0.25) is 14.5 Å². The first-order chi connectivity index (χ1) is 13.0. The van der Waals surface area contributed by atoms with E-state index in [1.807, 2.05) is 29.9 Å². The molecule has 0 saturated carbocycles. The summed E-state index contributed by atoms with van der Waals surface area (Å²) in [6, 6.07) is 10.6. The summed E-state index contributed by atoms with van der Waals surface area (Å²) < 4.78 is 7.45. The molecular weight excluding hydrogens is 368 g/mol. The molecule has 1 aliphatic rings. The smallest absolute Gasteiger partial charge is 0.313 e. The minimum absolute atomic E-state index is 0.0307. The van der Waals surface area contributed by atoms with Crippen molar-refractivity contribution in [2.75, 3.05) is 38.2 Å². The molecule has 8 heteroatoms. The summed E-state index contributed by atoms with van der Waals surface area (Å²) >= 11 is 5.90. The number of nitrogens with one attached hydrogen (secondary N) is 2. The Hall–Kier alpha value is -2.35. The third kappa shape index (κ3) is 5.09. The third-order valence-electron chi connectivity index (χ3n) is 4.56. The first kappa shape index (κ1) is 19.4. The van der Waals surface area contributed by atoms with E-state index in [9.17, 15) is 9.59 Å². The second kappa shape index (κ2) is 9.03. The predicted octanol–water partition coefficient (Wildman–Crippen LogP) is 1.81. The Kier molecular flexibility index (Phi) is 6.49. The highest BCUT2D eigenvalue weighted by atomic mass is 35.5. The lowest BCUT2D eigenvalue weighted by atomic mass is 10.1. The van der Waals surface area contributed by atoms with Gasteiger partial charge in [-0.1, -0.05) is 17.7 Å². The molecular formula is C19H23ClN4O3. The SMILES string of the molecule is Cn1cccc1C(CNC(=O)C(=O)Nc1cccc(Cl)c1)N1CCOCC1. The summed E-state index contributed by atoms with van der Waals surface area (Å²) in [7, 11) is 1.97. The number of ether oxygens (including phenoxy) is 1. The summed E-state index contributed by atoms with van der Waals surface area (Å²) in [5.41, 5.74) is 1.56. The Balaban J connectivity index is 1.63. The van der Waals surface area contributed by atoms with Crippen molar-refractivity contribution in [3.05, 3.63) is 53.3 Å². The van der Waals surface area contributed by atoms with Gasteiger partial charge in [0.2, 0.25) is 0 Å². The molecule has 2 heterocycles. The summed E-state index contributed by atoms with van der Waals surface area (Å²) in [6.45, 7) is 3.20.